The molecule has 0 aliphatic heterocycles. The van der Waals surface area contributed by atoms with Crippen LogP contribution in [-0.2, 0) is 9.53 Å². The number of imide groups is 1. The van der Waals surface area contributed by atoms with Gasteiger partial charge in [-0.05, 0) is 31.5 Å². The highest BCUT2D eigenvalue weighted by Crippen LogP contribution is 2.30. The van der Waals surface area contributed by atoms with Crippen molar-refractivity contribution in [3.63, 3.8) is 0 Å². The van der Waals surface area contributed by atoms with Gasteiger partial charge in [0, 0.05) is 6.54 Å². The molecule has 1 aromatic rings. The molecule has 0 radical (unpaired) electrons. The van der Waals surface area contributed by atoms with Crippen LogP contribution in [-0.4, -0.2) is 44.3 Å². The summed E-state index contributed by atoms with van der Waals surface area (Å²) in [5.41, 5.74) is -0.0294. The molecular formula is C16H20F2N2O6. The number of alkyl halides is 2. The predicted molar refractivity (Wildman–Crippen MR) is 86.4 cm³/mol. The van der Waals surface area contributed by atoms with Crippen LogP contribution in [0.4, 0.5) is 13.6 Å². The number of ether oxygens (including phenoxy) is 3. The van der Waals surface area contributed by atoms with Gasteiger partial charge >= 0.3 is 18.6 Å². The van der Waals surface area contributed by atoms with Gasteiger partial charge in [-0.2, -0.15) is 8.78 Å². The number of amides is 3. The molecule has 10 heteroatoms. The minimum Gasteiger partial charge on any atom is -0.490 e. The molecule has 0 aliphatic rings. The Hall–Kier alpha value is -2.91. The van der Waals surface area contributed by atoms with Crippen LogP contribution in [0.1, 0.15) is 30.6 Å². The first-order valence-corrected chi connectivity index (χ1v) is 7.83. The molecule has 0 saturated carbocycles. The first-order chi connectivity index (χ1) is 12.4. The number of rotatable bonds is 9. The number of esters is 1. The van der Waals surface area contributed by atoms with Crippen LogP contribution >= 0.6 is 0 Å². The molecule has 0 aromatic heterocycles. The van der Waals surface area contributed by atoms with Crippen LogP contribution in [0.3, 0.4) is 0 Å². The van der Waals surface area contributed by atoms with Gasteiger partial charge in [0.1, 0.15) is 0 Å². The van der Waals surface area contributed by atoms with E-state index in [0.29, 0.717) is 13.0 Å². The highest BCUT2D eigenvalue weighted by molar-refractivity contribution is 5.97. The normalized spacial score (nSPS) is 10.2. The molecule has 0 fully saturated rings. The van der Waals surface area contributed by atoms with E-state index in [1.165, 1.54) is 6.07 Å². The topological polar surface area (TPSA) is 103 Å². The van der Waals surface area contributed by atoms with Crippen molar-refractivity contribution in [3.8, 4) is 11.5 Å². The third kappa shape index (κ3) is 7.32. The molecule has 1 rings (SSSR count). The number of hydrogen-bond donors (Lipinski definition) is 2. The lowest BCUT2D eigenvalue weighted by Gasteiger charge is -2.12. The molecule has 8 nitrogen and oxygen atoms in total. The van der Waals surface area contributed by atoms with Crippen molar-refractivity contribution in [1.29, 1.82) is 0 Å². The van der Waals surface area contributed by atoms with Crippen LogP contribution in [0.25, 0.3) is 0 Å². The van der Waals surface area contributed by atoms with E-state index in [9.17, 15) is 23.2 Å². The Kier molecular flexibility index (Phi) is 8.82. The average Bonchev–Trinajstić information content (AvgIpc) is 2.59. The quantitative estimate of drug-likeness (QED) is 0.642. The molecule has 0 aliphatic carbocycles. The Labute approximate surface area is 148 Å². The molecule has 2 N–H and O–H groups in total. The highest BCUT2D eigenvalue weighted by atomic mass is 19.3. The maximum Gasteiger partial charge on any atom is 0.387 e. The second-order valence-corrected chi connectivity index (χ2v) is 4.85. The zero-order valence-electron chi connectivity index (χ0n) is 14.3. The molecule has 0 atom stereocenters. The number of carbonyl (C=O) groups is 3. The molecule has 0 unspecified atom stereocenters. The fraction of sp³-hybridized carbons (Fsp3) is 0.438. The monoisotopic (exact) mass is 374 g/mol. The number of urea groups is 1. The number of hydrogen-bond acceptors (Lipinski definition) is 6. The van der Waals surface area contributed by atoms with Crippen molar-refractivity contribution in [2.45, 2.75) is 26.9 Å². The summed E-state index contributed by atoms with van der Waals surface area (Å²) in [4.78, 5) is 34.8. The Morgan fingerprint density at radius 3 is 2.50 bits per heavy atom. The lowest BCUT2D eigenvalue weighted by molar-refractivity contribution is -0.123. The number of benzene rings is 1. The van der Waals surface area contributed by atoms with E-state index in [-0.39, 0.29) is 23.7 Å². The van der Waals surface area contributed by atoms with Crippen LogP contribution in [0.5, 0.6) is 11.5 Å². The third-order valence-electron chi connectivity index (χ3n) is 2.82. The zero-order valence-corrected chi connectivity index (χ0v) is 14.3. The molecule has 0 bridgehead atoms. The van der Waals surface area contributed by atoms with E-state index in [2.05, 4.69) is 10.1 Å². The average molecular weight is 374 g/mol. The maximum absolute atomic E-state index is 12.3. The van der Waals surface area contributed by atoms with E-state index < -0.39 is 31.1 Å². The van der Waals surface area contributed by atoms with Crippen molar-refractivity contribution >= 4 is 17.9 Å². The molecule has 1 aromatic carbocycles. The van der Waals surface area contributed by atoms with Gasteiger partial charge in [0.15, 0.2) is 18.1 Å². The van der Waals surface area contributed by atoms with Gasteiger partial charge in [-0.15, -0.1) is 0 Å². The van der Waals surface area contributed by atoms with E-state index in [1.807, 2.05) is 12.2 Å². The van der Waals surface area contributed by atoms with Crippen molar-refractivity contribution in [3.05, 3.63) is 23.8 Å². The summed E-state index contributed by atoms with van der Waals surface area (Å²) in [6.07, 6.45) is 0.698. The standard InChI is InChI=1S/C16H20F2N2O6/c1-3-7-19-16(23)20-13(21)9-25-14(22)10-5-6-11(26-15(17)18)12(8-10)24-4-2/h5-6,8,15H,3-4,7,9H2,1-2H3,(H2,19,20,21,23). The zero-order chi connectivity index (χ0) is 19.5. The Balaban J connectivity index is 2.65. The van der Waals surface area contributed by atoms with Gasteiger partial charge in [0.2, 0.25) is 0 Å². The Bertz CT molecular complexity index is 639. The third-order valence-corrected chi connectivity index (χ3v) is 2.82. The summed E-state index contributed by atoms with van der Waals surface area (Å²) in [7, 11) is 0. The largest absolute Gasteiger partial charge is 0.490 e. The SMILES string of the molecule is CCCNC(=O)NC(=O)COC(=O)c1ccc(OC(F)F)c(OCC)c1. The van der Waals surface area contributed by atoms with Crippen LogP contribution in [0, 0.1) is 0 Å². The summed E-state index contributed by atoms with van der Waals surface area (Å²) in [6, 6.07) is 2.79. The van der Waals surface area contributed by atoms with Crippen molar-refractivity contribution < 1.29 is 37.4 Å². The fourth-order valence-corrected chi connectivity index (χ4v) is 1.76. The van der Waals surface area contributed by atoms with Gasteiger partial charge in [-0.25, -0.2) is 9.59 Å². The van der Waals surface area contributed by atoms with Crippen molar-refractivity contribution in [2.24, 2.45) is 0 Å². The summed E-state index contributed by atoms with van der Waals surface area (Å²) in [5, 5.41) is 4.41. The molecule has 0 heterocycles. The number of carbonyl (C=O) groups excluding carboxylic acids is 3. The summed E-state index contributed by atoms with van der Waals surface area (Å²) >= 11 is 0. The second-order valence-electron chi connectivity index (χ2n) is 4.85. The van der Waals surface area contributed by atoms with E-state index in [1.54, 1.807) is 6.92 Å². The first-order valence-electron chi connectivity index (χ1n) is 7.83. The van der Waals surface area contributed by atoms with Crippen LogP contribution < -0.4 is 20.1 Å². The molecular weight excluding hydrogens is 354 g/mol. The summed E-state index contributed by atoms with van der Waals surface area (Å²) < 4.78 is 38.9. The summed E-state index contributed by atoms with van der Waals surface area (Å²) in [6.45, 7) is 0.301. The lowest BCUT2D eigenvalue weighted by atomic mass is 10.2. The maximum atomic E-state index is 12.3. The van der Waals surface area contributed by atoms with Gasteiger partial charge < -0.3 is 19.5 Å². The molecule has 0 spiro atoms. The predicted octanol–water partition coefficient (Wildman–Crippen LogP) is 2.08. The van der Waals surface area contributed by atoms with Gasteiger partial charge in [-0.3, -0.25) is 10.1 Å². The molecule has 144 valence electrons. The smallest absolute Gasteiger partial charge is 0.387 e. The van der Waals surface area contributed by atoms with E-state index >= 15 is 0 Å². The minimum absolute atomic E-state index is 0.0294. The molecule has 0 saturated heterocycles. The van der Waals surface area contributed by atoms with Crippen molar-refractivity contribution in [1.82, 2.24) is 10.6 Å². The molecule has 3 amide bonds. The second kappa shape index (κ2) is 10.9. The van der Waals surface area contributed by atoms with E-state index in [0.717, 1.165) is 12.1 Å². The van der Waals surface area contributed by atoms with Crippen molar-refractivity contribution in [2.75, 3.05) is 19.8 Å². The van der Waals surface area contributed by atoms with Crippen LogP contribution in [0.2, 0.25) is 0 Å². The molecule has 26 heavy (non-hydrogen) atoms. The van der Waals surface area contributed by atoms with Gasteiger partial charge in [0.05, 0.1) is 12.2 Å². The number of nitrogens with one attached hydrogen (secondary N) is 2. The minimum atomic E-state index is -3.05. The van der Waals surface area contributed by atoms with Crippen LogP contribution in [0.15, 0.2) is 18.2 Å². The summed E-state index contributed by atoms with van der Waals surface area (Å²) in [5.74, 6) is -2.00. The fourth-order valence-electron chi connectivity index (χ4n) is 1.76. The lowest BCUT2D eigenvalue weighted by Crippen LogP contribution is -2.41. The highest BCUT2D eigenvalue weighted by Gasteiger charge is 2.17. The Morgan fingerprint density at radius 1 is 1.15 bits per heavy atom. The van der Waals surface area contributed by atoms with Gasteiger partial charge in [0.25, 0.3) is 5.91 Å². The Morgan fingerprint density at radius 2 is 1.88 bits per heavy atom. The first kappa shape index (κ1) is 21.1. The van der Waals surface area contributed by atoms with Gasteiger partial charge in [-0.1, -0.05) is 6.92 Å². The number of halogens is 2. The van der Waals surface area contributed by atoms with E-state index in [4.69, 9.17) is 9.47 Å².